The van der Waals surface area contributed by atoms with Gasteiger partial charge in [-0.25, -0.2) is 0 Å². The fourth-order valence-corrected chi connectivity index (χ4v) is 1.99. The number of phenolic OH excluding ortho intramolecular Hbond substituents is 1. The molecule has 0 atom stereocenters. The van der Waals surface area contributed by atoms with E-state index in [0.717, 1.165) is 11.1 Å². The summed E-state index contributed by atoms with van der Waals surface area (Å²) in [4.78, 5) is 0. The average molecular weight is 270 g/mol. The van der Waals surface area contributed by atoms with Gasteiger partial charge in [-0.2, -0.15) is 0 Å². The summed E-state index contributed by atoms with van der Waals surface area (Å²) >= 11 is 0. The fourth-order valence-electron chi connectivity index (χ4n) is 1.99. The SMILES string of the molecule is COc1cccc(OCc2cc3ccc(O)cc3o2)c1. The Balaban J connectivity index is 1.76. The van der Waals surface area contributed by atoms with E-state index in [0.29, 0.717) is 23.7 Å². The lowest BCUT2D eigenvalue weighted by atomic mass is 10.2. The summed E-state index contributed by atoms with van der Waals surface area (Å²) in [5.74, 6) is 2.35. The second kappa shape index (κ2) is 5.17. The van der Waals surface area contributed by atoms with Gasteiger partial charge >= 0.3 is 0 Å². The van der Waals surface area contributed by atoms with Crippen molar-refractivity contribution in [1.29, 1.82) is 0 Å². The molecule has 0 saturated carbocycles. The number of methoxy groups -OCH3 is 1. The van der Waals surface area contributed by atoms with E-state index < -0.39 is 0 Å². The van der Waals surface area contributed by atoms with Crippen molar-refractivity contribution >= 4 is 11.0 Å². The Morgan fingerprint density at radius 3 is 2.75 bits per heavy atom. The first-order valence-corrected chi connectivity index (χ1v) is 6.23. The minimum atomic E-state index is 0.187. The van der Waals surface area contributed by atoms with Crippen LogP contribution in [0.15, 0.2) is 52.9 Å². The van der Waals surface area contributed by atoms with E-state index in [1.807, 2.05) is 36.4 Å². The number of benzene rings is 2. The van der Waals surface area contributed by atoms with Gasteiger partial charge in [0.2, 0.25) is 0 Å². The Morgan fingerprint density at radius 1 is 1.05 bits per heavy atom. The van der Waals surface area contributed by atoms with Crippen molar-refractivity contribution in [3.63, 3.8) is 0 Å². The highest BCUT2D eigenvalue weighted by Gasteiger charge is 2.05. The van der Waals surface area contributed by atoms with Crippen molar-refractivity contribution < 1.29 is 19.0 Å². The summed E-state index contributed by atoms with van der Waals surface area (Å²) < 4.78 is 16.4. The van der Waals surface area contributed by atoms with Crippen LogP contribution in [0.1, 0.15) is 5.76 Å². The van der Waals surface area contributed by atoms with Crippen molar-refractivity contribution in [2.24, 2.45) is 0 Å². The summed E-state index contributed by atoms with van der Waals surface area (Å²) in [5, 5.41) is 10.3. The van der Waals surface area contributed by atoms with E-state index in [1.54, 1.807) is 19.2 Å². The molecule has 0 unspecified atom stereocenters. The van der Waals surface area contributed by atoms with Gasteiger partial charge in [0, 0.05) is 17.5 Å². The maximum Gasteiger partial charge on any atom is 0.146 e. The van der Waals surface area contributed by atoms with E-state index in [-0.39, 0.29) is 5.75 Å². The molecular weight excluding hydrogens is 256 g/mol. The molecule has 0 fully saturated rings. The maximum atomic E-state index is 9.40. The summed E-state index contributed by atoms with van der Waals surface area (Å²) in [7, 11) is 1.62. The first kappa shape index (κ1) is 12.4. The predicted molar refractivity (Wildman–Crippen MR) is 75.2 cm³/mol. The van der Waals surface area contributed by atoms with Gasteiger partial charge in [-0.1, -0.05) is 6.07 Å². The van der Waals surface area contributed by atoms with E-state index in [4.69, 9.17) is 13.9 Å². The molecule has 4 heteroatoms. The largest absolute Gasteiger partial charge is 0.508 e. The zero-order valence-corrected chi connectivity index (χ0v) is 11.0. The van der Waals surface area contributed by atoms with Gasteiger partial charge in [-0.05, 0) is 30.3 Å². The molecule has 1 heterocycles. The molecule has 0 bridgehead atoms. The standard InChI is InChI=1S/C16H14O4/c1-18-13-3-2-4-14(9-13)19-10-15-7-11-5-6-12(17)8-16(11)20-15/h2-9,17H,10H2,1H3. The Bertz CT molecular complexity index is 730. The highest BCUT2D eigenvalue weighted by atomic mass is 16.5. The van der Waals surface area contributed by atoms with Gasteiger partial charge in [0.1, 0.15) is 35.2 Å². The molecule has 20 heavy (non-hydrogen) atoms. The number of hydrogen-bond acceptors (Lipinski definition) is 4. The molecule has 0 radical (unpaired) electrons. The van der Waals surface area contributed by atoms with Gasteiger partial charge in [-0.15, -0.1) is 0 Å². The third-order valence-corrected chi connectivity index (χ3v) is 2.98. The highest BCUT2D eigenvalue weighted by Crippen LogP contribution is 2.25. The van der Waals surface area contributed by atoms with Crippen LogP contribution in [0.2, 0.25) is 0 Å². The van der Waals surface area contributed by atoms with Gasteiger partial charge < -0.3 is 19.0 Å². The molecule has 0 spiro atoms. The second-order valence-corrected chi connectivity index (χ2v) is 4.40. The number of furan rings is 1. The number of hydrogen-bond donors (Lipinski definition) is 1. The molecule has 102 valence electrons. The zero-order chi connectivity index (χ0) is 13.9. The van der Waals surface area contributed by atoms with Crippen LogP contribution >= 0.6 is 0 Å². The molecule has 0 amide bonds. The summed E-state index contributed by atoms with van der Waals surface area (Å²) in [6, 6.07) is 14.3. The molecule has 4 nitrogen and oxygen atoms in total. The Labute approximate surface area is 116 Å². The van der Waals surface area contributed by atoms with Crippen LogP contribution in [0.4, 0.5) is 0 Å². The molecule has 0 aliphatic heterocycles. The number of fused-ring (bicyclic) bond motifs is 1. The van der Waals surface area contributed by atoms with Crippen LogP contribution in [-0.4, -0.2) is 12.2 Å². The van der Waals surface area contributed by atoms with E-state index in [9.17, 15) is 5.11 Å². The van der Waals surface area contributed by atoms with Crippen molar-refractivity contribution in [2.45, 2.75) is 6.61 Å². The summed E-state index contributed by atoms with van der Waals surface area (Å²) in [6.45, 7) is 0.322. The van der Waals surface area contributed by atoms with Crippen molar-refractivity contribution in [3.05, 3.63) is 54.3 Å². The molecule has 3 rings (SSSR count). The lowest BCUT2D eigenvalue weighted by Crippen LogP contribution is -1.93. The number of ether oxygens (including phenoxy) is 2. The summed E-state index contributed by atoms with van der Waals surface area (Å²) in [6.07, 6.45) is 0. The third kappa shape index (κ3) is 2.54. The van der Waals surface area contributed by atoms with Crippen molar-refractivity contribution in [2.75, 3.05) is 7.11 Å². The molecular formula is C16H14O4. The molecule has 0 saturated heterocycles. The third-order valence-electron chi connectivity index (χ3n) is 2.98. The average Bonchev–Trinajstić information content (AvgIpc) is 2.87. The van der Waals surface area contributed by atoms with E-state index in [1.165, 1.54) is 0 Å². The van der Waals surface area contributed by atoms with Gasteiger partial charge in [-0.3, -0.25) is 0 Å². The van der Waals surface area contributed by atoms with Crippen molar-refractivity contribution in [1.82, 2.24) is 0 Å². The minimum Gasteiger partial charge on any atom is -0.508 e. The number of phenols is 1. The second-order valence-electron chi connectivity index (χ2n) is 4.40. The monoisotopic (exact) mass is 270 g/mol. The molecule has 0 aliphatic carbocycles. The van der Waals surface area contributed by atoms with Crippen LogP contribution in [0.5, 0.6) is 17.2 Å². The molecule has 2 aromatic carbocycles. The van der Waals surface area contributed by atoms with E-state index in [2.05, 4.69) is 0 Å². The van der Waals surface area contributed by atoms with Crippen LogP contribution in [0.25, 0.3) is 11.0 Å². The molecule has 0 aliphatic rings. The zero-order valence-electron chi connectivity index (χ0n) is 11.0. The number of rotatable bonds is 4. The van der Waals surface area contributed by atoms with Gasteiger partial charge in [0.15, 0.2) is 0 Å². The van der Waals surface area contributed by atoms with Gasteiger partial charge in [0.05, 0.1) is 7.11 Å². The normalized spacial score (nSPS) is 10.7. The predicted octanol–water partition coefficient (Wildman–Crippen LogP) is 3.73. The molecule has 3 aromatic rings. The maximum absolute atomic E-state index is 9.40. The first-order valence-electron chi connectivity index (χ1n) is 6.23. The summed E-state index contributed by atoms with van der Waals surface area (Å²) in [5.41, 5.74) is 0.647. The van der Waals surface area contributed by atoms with E-state index >= 15 is 0 Å². The minimum absolute atomic E-state index is 0.187. The topological polar surface area (TPSA) is 51.8 Å². The Hall–Kier alpha value is -2.62. The van der Waals surface area contributed by atoms with Crippen LogP contribution < -0.4 is 9.47 Å². The smallest absolute Gasteiger partial charge is 0.146 e. The lowest BCUT2D eigenvalue weighted by Gasteiger charge is -2.05. The molecule has 1 aromatic heterocycles. The van der Waals surface area contributed by atoms with Crippen molar-refractivity contribution in [3.8, 4) is 17.2 Å². The highest BCUT2D eigenvalue weighted by molar-refractivity contribution is 5.79. The fraction of sp³-hybridized carbons (Fsp3) is 0.125. The first-order chi connectivity index (χ1) is 9.74. The van der Waals surface area contributed by atoms with Gasteiger partial charge in [0.25, 0.3) is 0 Å². The quantitative estimate of drug-likeness (QED) is 0.785. The number of aromatic hydroxyl groups is 1. The Kier molecular flexibility index (Phi) is 3.21. The Morgan fingerprint density at radius 2 is 1.90 bits per heavy atom. The molecule has 1 N–H and O–H groups in total. The van der Waals surface area contributed by atoms with Crippen LogP contribution in [-0.2, 0) is 6.61 Å². The van der Waals surface area contributed by atoms with Crippen LogP contribution in [0, 0.1) is 0 Å². The lowest BCUT2D eigenvalue weighted by molar-refractivity contribution is 0.273. The van der Waals surface area contributed by atoms with Crippen LogP contribution in [0.3, 0.4) is 0 Å².